The van der Waals surface area contributed by atoms with E-state index in [0.717, 1.165) is 0 Å². The topological polar surface area (TPSA) is 41.9 Å². The predicted molar refractivity (Wildman–Crippen MR) is 59.9 cm³/mol. The summed E-state index contributed by atoms with van der Waals surface area (Å²) in [6.45, 7) is 0.520. The van der Waals surface area contributed by atoms with Crippen molar-refractivity contribution in [2.24, 2.45) is 11.0 Å². The minimum absolute atomic E-state index is 0. The quantitative estimate of drug-likeness (QED) is 0.728. The lowest BCUT2D eigenvalue weighted by molar-refractivity contribution is 0.113. The molecule has 1 fully saturated rings. The monoisotopic (exact) mass is 228 g/mol. The van der Waals surface area contributed by atoms with E-state index < -0.39 is 6.09 Å². The van der Waals surface area contributed by atoms with Crippen molar-refractivity contribution in [1.82, 2.24) is 5.01 Å². The second-order valence-corrected chi connectivity index (χ2v) is 3.36. The Hall–Kier alpha value is -1.29. The number of ether oxygens (including phenoxy) is 1. The van der Waals surface area contributed by atoms with Crippen LogP contribution in [0.3, 0.4) is 0 Å². The van der Waals surface area contributed by atoms with Gasteiger partial charge in [-0.15, -0.1) is 12.4 Å². The van der Waals surface area contributed by atoms with Crippen molar-refractivity contribution < 1.29 is 9.53 Å². The molecule has 0 atom stereocenters. The van der Waals surface area contributed by atoms with E-state index in [2.05, 4.69) is 5.10 Å². The molecule has 1 amide bonds. The van der Waals surface area contributed by atoms with E-state index in [9.17, 15) is 4.79 Å². The third-order valence-electron chi connectivity index (χ3n) is 2.05. The van der Waals surface area contributed by atoms with Crippen LogP contribution in [0, 0.1) is 5.92 Å². The summed E-state index contributed by atoms with van der Waals surface area (Å²) in [6, 6.07) is 0. The van der Waals surface area contributed by atoms with E-state index in [0.29, 0.717) is 12.5 Å². The number of hydrazone groups is 1. The fourth-order valence-electron chi connectivity index (χ4n) is 1.04. The average molecular weight is 229 g/mol. The zero-order valence-electron chi connectivity index (χ0n) is 8.20. The molecule has 0 aromatic rings. The van der Waals surface area contributed by atoms with E-state index in [-0.39, 0.29) is 12.4 Å². The zero-order chi connectivity index (χ0) is 9.80. The largest absolute Gasteiger partial charge is 0.448 e. The minimum atomic E-state index is -0.409. The summed E-state index contributed by atoms with van der Waals surface area (Å²) in [6.07, 6.45) is 10.4. The third kappa shape index (κ3) is 3.75. The number of rotatable bonds is 2. The molecule has 0 spiro atoms. The van der Waals surface area contributed by atoms with Crippen LogP contribution in [0.1, 0.15) is 12.8 Å². The van der Waals surface area contributed by atoms with Crippen LogP contribution in [0.15, 0.2) is 29.5 Å². The lowest BCUT2D eigenvalue weighted by Gasteiger charge is -2.10. The minimum Gasteiger partial charge on any atom is -0.448 e. The molecule has 0 bridgehead atoms. The predicted octanol–water partition coefficient (Wildman–Crippen LogP) is 2.33. The third-order valence-corrected chi connectivity index (χ3v) is 2.05. The Kier molecular flexibility index (Phi) is 4.37. The second-order valence-electron chi connectivity index (χ2n) is 3.36. The van der Waals surface area contributed by atoms with Gasteiger partial charge in [0.15, 0.2) is 0 Å². The summed E-state index contributed by atoms with van der Waals surface area (Å²) >= 11 is 0. The highest BCUT2D eigenvalue weighted by molar-refractivity contribution is 5.85. The first-order valence-electron chi connectivity index (χ1n) is 4.70. The van der Waals surface area contributed by atoms with Gasteiger partial charge in [-0.25, -0.2) is 4.79 Å². The molecule has 0 aromatic carbocycles. The molecule has 1 aliphatic heterocycles. The summed E-state index contributed by atoms with van der Waals surface area (Å²) in [5, 5.41) is 5.08. The summed E-state index contributed by atoms with van der Waals surface area (Å²) < 4.78 is 5.06. The van der Waals surface area contributed by atoms with Crippen LogP contribution in [0.2, 0.25) is 0 Å². The van der Waals surface area contributed by atoms with Gasteiger partial charge in [-0.3, -0.25) is 0 Å². The molecule has 82 valence electrons. The molecule has 0 N–H and O–H groups in total. The molecular weight excluding hydrogens is 216 g/mol. The molecule has 0 radical (unpaired) electrons. The molecule has 5 heteroatoms. The highest BCUT2D eigenvalue weighted by Gasteiger charge is 2.24. The van der Waals surface area contributed by atoms with Gasteiger partial charge in [0.2, 0.25) is 0 Å². The fraction of sp³-hybridized carbons (Fsp3) is 0.400. The molecule has 1 aliphatic carbocycles. The molecule has 0 unspecified atom stereocenters. The molecule has 2 rings (SSSR count). The van der Waals surface area contributed by atoms with Crippen molar-refractivity contribution >= 4 is 24.7 Å². The first kappa shape index (κ1) is 11.8. The van der Waals surface area contributed by atoms with E-state index in [4.69, 9.17) is 4.74 Å². The van der Waals surface area contributed by atoms with Gasteiger partial charge >= 0.3 is 6.09 Å². The standard InChI is InChI=1S/C10H12N2O2.ClH/c13-10(14-8-9-4-5-9)12-7-3-1-2-6-11-12;/h1-3,6-7,9H,4-5,8H2;1H. The van der Waals surface area contributed by atoms with Crippen LogP contribution >= 0.6 is 12.4 Å². The molecule has 0 saturated heterocycles. The Balaban J connectivity index is 0.00000112. The van der Waals surface area contributed by atoms with E-state index in [1.807, 2.05) is 0 Å². The molecule has 0 aromatic heterocycles. The SMILES string of the molecule is Cl.O=C(OCC1CC1)N1C=CC=CC=N1. The summed E-state index contributed by atoms with van der Waals surface area (Å²) in [4.78, 5) is 11.4. The molecule has 2 aliphatic rings. The Labute approximate surface area is 94.7 Å². The second kappa shape index (κ2) is 5.56. The van der Waals surface area contributed by atoms with E-state index >= 15 is 0 Å². The first-order chi connectivity index (χ1) is 6.86. The van der Waals surface area contributed by atoms with Gasteiger partial charge in [-0.2, -0.15) is 10.1 Å². The summed E-state index contributed by atoms with van der Waals surface area (Å²) in [5.41, 5.74) is 0. The van der Waals surface area contributed by atoms with Crippen molar-refractivity contribution in [1.29, 1.82) is 0 Å². The van der Waals surface area contributed by atoms with Gasteiger partial charge in [0, 0.05) is 12.4 Å². The van der Waals surface area contributed by atoms with Gasteiger partial charge in [-0.1, -0.05) is 6.08 Å². The lowest BCUT2D eigenvalue weighted by atomic mass is 10.5. The maximum atomic E-state index is 11.4. The summed E-state index contributed by atoms with van der Waals surface area (Å²) in [7, 11) is 0. The normalized spacial score (nSPS) is 18.3. The first-order valence-corrected chi connectivity index (χ1v) is 4.70. The highest BCUT2D eigenvalue weighted by atomic mass is 35.5. The van der Waals surface area contributed by atoms with Crippen LogP contribution in [-0.4, -0.2) is 23.9 Å². The van der Waals surface area contributed by atoms with E-state index in [1.165, 1.54) is 17.9 Å². The van der Waals surface area contributed by atoms with Crippen LogP contribution in [0.25, 0.3) is 0 Å². The van der Waals surface area contributed by atoms with Gasteiger partial charge in [0.25, 0.3) is 0 Å². The van der Waals surface area contributed by atoms with Crippen LogP contribution in [-0.2, 0) is 4.74 Å². The van der Waals surface area contributed by atoms with Crippen molar-refractivity contribution in [3.63, 3.8) is 0 Å². The lowest BCUT2D eigenvalue weighted by Crippen LogP contribution is -2.22. The number of amides is 1. The smallest absolute Gasteiger partial charge is 0.434 e. The van der Waals surface area contributed by atoms with E-state index in [1.54, 1.807) is 30.6 Å². The number of carbonyl (C=O) groups is 1. The Bertz CT molecular complexity index is 293. The average Bonchev–Trinajstić information content (AvgIpc) is 3.01. The van der Waals surface area contributed by atoms with Crippen molar-refractivity contribution in [3.8, 4) is 0 Å². The van der Waals surface area contributed by atoms with Crippen LogP contribution < -0.4 is 0 Å². The Morgan fingerprint density at radius 1 is 1.40 bits per heavy atom. The number of allylic oxidation sites excluding steroid dienone is 3. The molecular formula is C10H13ClN2O2. The maximum absolute atomic E-state index is 11.4. The molecule has 1 heterocycles. The van der Waals surface area contributed by atoms with Crippen LogP contribution in [0.4, 0.5) is 4.79 Å². The molecule has 15 heavy (non-hydrogen) atoms. The molecule has 4 nitrogen and oxygen atoms in total. The zero-order valence-corrected chi connectivity index (χ0v) is 9.02. The fourth-order valence-corrected chi connectivity index (χ4v) is 1.04. The number of hydrogen-bond acceptors (Lipinski definition) is 3. The maximum Gasteiger partial charge on any atom is 0.434 e. The molecule has 1 saturated carbocycles. The Morgan fingerprint density at radius 3 is 2.93 bits per heavy atom. The highest BCUT2D eigenvalue weighted by Crippen LogP contribution is 2.28. The number of halogens is 1. The Morgan fingerprint density at radius 2 is 2.20 bits per heavy atom. The number of nitrogens with zero attached hydrogens (tertiary/aromatic N) is 2. The van der Waals surface area contributed by atoms with Gasteiger partial charge < -0.3 is 4.74 Å². The van der Waals surface area contributed by atoms with Crippen molar-refractivity contribution in [2.45, 2.75) is 12.8 Å². The summed E-state index contributed by atoms with van der Waals surface area (Å²) in [5.74, 6) is 0.581. The van der Waals surface area contributed by atoms with Gasteiger partial charge in [-0.05, 0) is 30.9 Å². The van der Waals surface area contributed by atoms with Crippen LogP contribution in [0.5, 0.6) is 0 Å². The number of carbonyl (C=O) groups excluding carboxylic acids is 1. The van der Waals surface area contributed by atoms with Crippen molar-refractivity contribution in [2.75, 3.05) is 6.61 Å². The van der Waals surface area contributed by atoms with Gasteiger partial charge in [0.1, 0.15) is 0 Å². The van der Waals surface area contributed by atoms with Crippen molar-refractivity contribution in [3.05, 3.63) is 24.4 Å². The van der Waals surface area contributed by atoms with Gasteiger partial charge in [0.05, 0.1) is 6.61 Å². The number of hydrogen-bond donors (Lipinski definition) is 0.